The summed E-state index contributed by atoms with van der Waals surface area (Å²) in [6, 6.07) is 11.0. The number of rotatable bonds is 4. The number of nitrogens with one attached hydrogen (secondary N) is 1. The van der Waals surface area contributed by atoms with Crippen LogP contribution in [0.15, 0.2) is 47.4 Å². The standard InChI is InChI=1S/C19H23N3O3/c1-14(20-19(24)16-7-8-21(2)18(23)13-16)15-3-5-17(6-4-15)22-9-11-25-12-10-22/h3-8,13-14H,9-12H2,1-2H3,(H,20,24)/t14-/m1/s1. The quantitative estimate of drug-likeness (QED) is 0.920. The molecule has 1 fully saturated rings. The van der Waals surface area contributed by atoms with E-state index in [4.69, 9.17) is 4.74 Å². The van der Waals surface area contributed by atoms with E-state index in [0.29, 0.717) is 5.56 Å². The molecule has 132 valence electrons. The zero-order valence-electron chi connectivity index (χ0n) is 14.6. The molecule has 6 nitrogen and oxygen atoms in total. The average molecular weight is 341 g/mol. The molecule has 0 saturated carbocycles. The van der Waals surface area contributed by atoms with Crippen LogP contribution in [-0.4, -0.2) is 36.8 Å². The Labute approximate surface area is 147 Å². The van der Waals surface area contributed by atoms with Gasteiger partial charge in [-0.15, -0.1) is 0 Å². The minimum atomic E-state index is -0.248. The van der Waals surface area contributed by atoms with Crippen molar-refractivity contribution in [1.82, 2.24) is 9.88 Å². The van der Waals surface area contributed by atoms with E-state index in [9.17, 15) is 9.59 Å². The normalized spacial score (nSPS) is 15.7. The summed E-state index contributed by atoms with van der Waals surface area (Å²) >= 11 is 0. The maximum atomic E-state index is 12.3. The third-order valence-corrected chi connectivity index (χ3v) is 4.48. The van der Waals surface area contributed by atoms with Crippen molar-refractivity contribution in [1.29, 1.82) is 0 Å². The van der Waals surface area contributed by atoms with Crippen LogP contribution in [0.5, 0.6) is 0 Å². The molecule has 25 heavy (non-hydrogen) atoms. The van der Waals surface area contributed by atoms with E-state index < -0.39 is 0 Å². The highest BCUT2D eigenvalue weighted by atomic mass is 16.5. The summed E-state index contributed by atoms with van der Waals surface area (Å²) in [7, 11) is 1.66. The molecule has 0 aliphatic carbocycles. The minimum absolute atomic E-state index is 0.143. The lowest BCUT2D eigenvalue weighted by Gasteiger charge is -2.29. The molecule has 1 aromatic heterocycles. The van der Waals surface area contributed by atoms with Crippen molar-refractivity contribution in [3.05, 3.63) is 64.1 Å². The Hall–Kier alpha value is -2.60. The Morgan fingerprint density at radius 1 is 1.16 bits per heavy atom. The van der Waals surface area contributed by atoms with Crippen LogP contribution >= 0.6 is 0 Å². The van der Waals surface area contributed by atoms with Crippen LogP contribution in [0.2, 0.25) is 0 Å². The summed E-state index contributed by atoms with van der Waals surface area (Å²) in [5.74, 6) is -0.248. The third-order valence-electron chi connectivity index (χ3n) is 4.48. The Morgan fingerprint density at radius 3 is 2.48 bits per heavy atom. The van der Waals surface area contributed by atoms with Gasteiger partial charge >= 0.3 is 0 Å². The number of morpholine rings is 1. The molecule has 2 aromatic rings. The fraction of sp³-hybridized carbons (Fsp3) is 0.368. The first-order valence-corrected chi connectivity index (χ1v) is 8.45. The van der Waals surface area contributed by atoms with E-state index >= 15 is 0 Å². The van der Waals surface area contributed by atoms with Crippen LogP contribution in [0.4, 0.5) is 5.69 Å². The topological polar surface area (TPSA) is 63.6 Å². The third kappa shape index (κ3) is 4.09. The lowest BCUT2D eigenvalue weighted by atomic mass is 10.1. The Morgan fingerprint density at radius 2 is 1.84 bits per heavy atom. The van der Waals surface area contributed by atoms with Gasteiger partial charge in [-0.3, -0.25) is 9.59 Å². The molecular formula is C19H23N3O3. The molecule has 0 spiro atoms. The number of nitrogens with zero attached hydrogens (tertiary/aromatic N) is 2. The molecule has 1 atom stereocenters. The zero-order chi connectivity index (χ0) is 17.8. The number of aromatic nitrogens is 1. The van der Waals surface area contributed by atoms with Crippen molar-refractivity contribution in [2.24, 2.45) is 7.05 Å². The summed E-state index contributed by atoms with van der Waals surface area (Å²) in [5.41, 5.74) is 2.36. The summed E-state index contributed by atoms with van der Waals surface area (Å²) in [6.07, 6.45) is 1.60. The summed E-state index contributed by atoms with van der Waals surface area (Å²) in [5, 5.41) is 2.94. The molecule has 2 heterocycles. The van der Waals surface area contributed by atoms with Gasteiger partial charge in [-0.2, -0.15) is 0 Å². The van der Waals surface area contributed by atoms with Crippen molar-refractivity contribution in [3.63, 3.8) is 0 Å². The van der Waals surface area contributed by atoms with E-state index in [1.807, 2.05) is 19.1 Å². The van der Waals surface area contributed by atoms with E-state index in [-0.39, 0.29) is 17.5 Å². The lowest BCUT2D eigenvalue weighted by molar-refractivity contribution is 0.0939. The lowest BCUT2D eigenvalue weighted by Crippen LogP contribution is -2.36. The Kier molecular flexibility index (Phi) is 5.19. The molecule has 1 aromatic carbocycles. The summed E-state index contributed by atoms with van der Waals surface area (Å²) < 4.78 is 6.81. The molecule has 0 radical (unpaired) electrons. The molecule has 1 aliphatic heterocycles. The monoisotopic (exact) mass is 341 g/mol. The first kappa shape index (κ1) is 17.2. The number of benzene rings is 1. The number of hydrogen-bond acceptors (Lipinski definition) is 4. The molecule has 1 aliphatic rings. The fourth-order valence-corrected chi connectivity index (χ4v) is 2.85. The molecule has 6 heteroatoms. The Balaban J connectivity index is 1.66. The van der Waals surface area contributed by atoms with E-state index in [1.54, 1.807) is 19.3 Å². The molecule has 1 N–H and O–H groups in total. The van der Waals surface area contributed by atoms with Gasteiger partial charge in [-0.1, -0.05) is 12.1 Å². The van der Waals surface area contributed by atoms with Crippen LogP contribution in [-0.2, 0) is 11.8 Å². The second-order valence-corrected chi connectivity index (χ2v) is 6.25. The highest BCUT2D eigenvalue weighted by Gasteiger charge is 2.14. The van der Waals surface area contributed by atoms with E-state index in [2.05, 4.69) is 22.3 Å². The SMILES string of the molecule is C[C@@H](NC(=O)c1ccn(C)c(=O)c1)c1ccc(N2CCOCC2)cc1. The maximum absolute atomic E-state index is 12.3. The fourth-order valence-electron chi connectivity index (χ4n) is 2.85. The molecular weight excluding hydrogens is 318 g/mol. The molecule has 0 bridgehead atoms. The second kappa shape index (κ2) is 7.53. The number of carbonyl (C=O) groups is 1. The molecule has 0 unspecified atom stereocenters. The smallest absolute Gasteiger partial charge is 0.252 e. The van der Waals surface area contributed by atoms with Crippen LogP contribution in [0.1, 0.15) is 28.9 Å². The van der Waals surface area contributed by atoms with Crippen molar-refractivity contribution < 1.29 is 9.53 Å². The van der Waals surface area contributed by atoms with Crippen LogP contribution in [0.25, 0.3) is 0 Å². The number of anilines is 1. The van der Waals surface area contributed by atoms with Crippen LogP contribution in [0, 0.1) is 0 Å². The van der Waals surface area contributed by atoms with Crippen LogP contribution in [0.3, 0.4) is 0 Å². The number of hydrogen-bond donors (Lipinski definition) is 1. The summed E-state index contributed by atoms with van der Waals surface area (Å²) in [4.78, 5) is 26.3. The van der Waals surface area contributed by atoms with Crippen molar-refractivity contribution >= 4 is 11.6 Å². The summed E-state index contributed by atoms with van der Waals surface area (Å²) in [6.45, 7) is 5.24. The number of pyridine rings is 1. The van der Waals surface area contributed by atoms with Gasteiger partial charge < -0.3 is 19.5 Å². The van der Waals surface area contributed by atoms with E-state index in [0.717, 1.165) is 37.6 Å². The number of aryl methyl sites for hydroxylation is 1. The zero-order valence-corrected chi connectivity index (χ0v) is 14.6. The average Bonchev–Trinajstić information content (AvgIpc) is 2.64. The van der Waals surface area contributed by atoms with Gasteiger partial charge in [-0.05, 0) is 30.7 Å². The predicted molar refractivity (Wildman–Crippen MR) is 97.0 cm³/mol. The van der Waals surface area contributed by atoms with Gasteiger partial charge in [0.15, 0.2) is 0 Å². The highest BCUT2D eigenvalue weighted by molar-refractivity contribution is 5.94. The minimum Gasteiger partial charge on any atom is -0.378 e. The van der Waals surface area contributed by atoms with Gasteiger partial charge in [-0.25, -0.2) is 0 Å². The maximum Gasteiger partial charge on any atom is 0.252 e. The molecule has 3 rings (SSSR count). The highest BCUT2D eigenvalue weighted by Crippen LogP contribution is 2.20. The van der Waals surface area contributed by atoms with E-state index in [1.165, 1.54) is 10.6 Å². The number of amides is 1. The van der Waals surface area contributed by atoms with Crippen molar-refractivity contribution in [2.75, 3.05) is 31.2 Å². The van der Waals surface area contributed by atoms with Crippen LogP contribution < -0.4 is 15.8 Å². The number of carbonyl (C=O) groups excluding carboxylic acids is 1. The Bertz CT molecular complexity index is 792. The van der Waals surface area contributed by atoms with Gasteiger partial charge in [0.2, 0.25) is 0 Å². The van der Waals surface area contributed by atoms with Gasteiger partial charge in [0.05, 0.1) is 19.3 Å². The number of ether oxygens (including phenoxy) is 1. The second-order valence-electron chi connectivity index (χ2n) is 6.25. The first-order valence-electron chi connectivity index (χ1n) is 8.45. The van der Waals surface area contributed by atoms with Crippen molar-refractivity contribution in [3.8, 4) is 0 Å². The predicted octanol–water partition coefficient (Wildman–Crippen LogP) is 1.71. The molecule has 1 saturated heterocycles. The largest absolute Gasteiger partial charge is 0.378 e. The van der Waals surface area contributed by atoms with Crippen molar-refractivity contribution in [2.45, 2.75) is 13.0 Å². The van der Waals surface area contributed by atoms with Gasteiger partial charge in [0.25, 0.3) is 11.5 Å². The van der Waals surface area contributed by atoms with Gasteiger partial charge in [0.1, 0.15) is 0 Å². The van der Waals surface area contributed by atoms with Gasteiger partial charge in [0, 0.05) is 43.7 Å². The molecule has 1 amide bonds. The first-order chi connectivity index (χ1) is 12.0.